The van der Waals surface area contributed by atoms with E-state index >= 15 is 0 Å². The molecule has 1 saturated carbocycles. The largest absolute Gasteiger partial charge is 0.379 e. The summed E-state index contributed by atoms with van der Waals surface area (Å²) < 4.78 is 41.0. The van der Waals surface area contributed by atoms with Gasteiger partial charge in [0, 0.05) is 12.5 Å². The van der Waals surface area contributed by atoms with Crippen LogP contribution in [0.5, 0.6) is 0 Å². The second-order valence-corrected chi connectivity index (χ2v) is 8.61. The highest BCUT2D eigenvalue weighted by atomic mass is 32.2. The average molecular weight is 356 g/mol. The van der Waals surface area contributed by atoms with Crippen LogP contribution in [-0.4, -0.2) is 40.9 Å². The minimum atomic E-state index is -3.72. The lowest BCUT2D eigenvalue weighted by Gasteiger charge is -2.50. The molecule has 24 heavy (non-hydrogen) atoms. The molecule has 1 aromatic carbocycles. The first-order valence-electron chi connectivity index (χ1n) is 8.42. The van der Waals surface area contributed by atoms with E-state index in [0.717, 1.165) is 12.0 Å². The standard InChI is InChI=1S/C18H28O5S/c1-5-21-10-11-22-17-15(12-18(17,3)4)13-23-24(19,20)16-8-6-14(2)7-9-16/h6-9,15,17H,5,10-13H2,1-4H3/t15-,17+/m0/s1. The molecule has 6 heteroatoms. The van der Waals surface area contributed by atoms with Crippen molar-refractivity contribution in [3.8, 4) is 0 Å². The third-order valence-corrected chi connectivity index (χ3v) is 5.76. The number of aryl methyl sites for hydroxylation is 1. The summed E-state index contributed by atoms with van der Waals surface area (Å²) in [6, 6.07) is 6.68. The lowest BCUT2D eigenvalue weighted by atomic mass is 9.62. The summed E-state index contributed by atoms with van der Waals surface area (Å²) in [7, 11) is -3.72. The Labute approximate surface area is 145 Å². The van der Waals surface area contributed by atoms with E-state index in [2.05, 4.69) is 13.8 Å². The molecule has 2 rings (SSSR count). The molecule has 0 aromatic heterocycles. The molecule has 136 valence electrons. The Hall–Kier alpha value is -0.950. The zero-order valence-corrected chi connectivity index (χ0v) is 15.8. The predicted octanol–water partition coefficient (Wildman–Crippen LogP) is 3.17. The molecule has 1 aliphatic carbocycles. The van der Waals surface area contributed by atoms with Crippen molar-refractivity contribution in [3.63, 3.8) is 0 Å². The summed E-state index contributed by atoms with van der Waals surface area (Å²) in [5, 5.41) is 0. The molecule has 0 heterocycles. The van der Waals surface area contributed by atoms with Gasteiger partial charge in [-0.05, 0) is 37.8 Å². The lowest BCUT2D eigenvalue weighted by Crippen LogP contribution is -2.52. The average Bonchev–Trinajstić information content (AvgIpc) is 2.51. The maximum atomic E-state index is 12.3. The molecule has 1 aromatic rings. The van der Waals surface area contributed by atoms with Crippen LogP contribution in [0.3, 0.4) is 0 Å². The van der Waals surface area contributed by atoms with Crippen LogP contribution < -0.4 is 0 Å². The molecule has 1 aliphatic rings. The zero-order valence-electron chi connectivity index (χ0n) is 14.9. The van der Waals surface area contributed by atoms with Crippen molar-refractivity contribution in [2.45, 2.75) is 45.1 Å². The number of benzene rings is 1. The Morgan fingerprint density at radius 3 is 2.42 bits per heavy atom. The van der Waals surface area contributed by atoms with Gasteiger partial charge in [0.25, 0.3) is 10.1 Å². The topological polar surface area (TPSA) is 61.8 Å². The van der Waals surface area contributed by atoms with E-state index in [-0.39, 0.29) is 28.9 Å². The van der Waals surface area contributed by atoms with Crippen molar-refractivity contribution in [2.75, 3.05) is 26.4 Å². The van der Waals surface area contributed by atoms with E-state index < -0.39 is 10.1 Å². The summed E-state index contributed by atoms with van der Waals surface area (Å²) in [5.74, 6) is 0.0850. The molecule has 0 amide bonds. The van der Waals surface area contributed by atoms with Crippen LogP contribution in [0.1, 0.15) is 32.8 Å². The minimum Gasteiger partial charge on any atom is -0.379 e. The van der Waals surface area contributed by atoms with Gasteiger partial charge in [-0.25, -0.2) is 0 Å². The first-order valence-corrected chi connectivity index (χ1v) is 9.82. The Balaban J connectivity index is 1.89. The predicted molar refractivity (Wildman–Crippen MR) is 92.4 cm³/mol. The summed E-state index contributed by atoms with van der Waals surface area (Å²) >= 11 is 0. The summed E-state index contributed by atoms with van der Waals surface area (Å²) in [6.45, 7) is 10.0. The maximum Gasteiger partial charge on any atom is 0.296 e. The fourth-order valence-electron chi connectivity index (χ4n) is 3.21. The SMILES string of the molecule is CCOCCO[C@@H]1[C@H](COS(=O)(=O)c2ccc(C)cc2)CC1(C)C. The summed E-state index contributed by atoms with van der Waals surface area (Å²) in [5.41, 5.74) is 1.05. The Morgan fingerprint density at radius 2 is 1.83 bits per heavy atom. The first-order chi connectivity index (χ1) is 11.3. The molecule has 0 bridgehead atoms. The van der Waals surface area contributed by atoms with Gasteiger partial charge in [0.1, 0.15) is 0 Å². The highest BCUT2D eigenvalue weighted by molar-refractivity contribution is 7.86. The number of hydrogen-bond donors (Lipinski definition) is 0. The van der Waals surface area contributed by atoms with E-state index in [9.17, 15) is 8.42 Å². The van der Waals surface area contributed by atoms with E-state index in [1.54, 1.807) is 24.3 Å². The highest BCUT2D eigenvalue weighted by Gasteiger charge is 2.48. The van der Waals surface area contributed by atoms with Gasteiger partial charge < -0.3 is 9.47 Å². The second kappa shape index (κ2) is 7.95. The normalized spacial score (nSPS) is 23.0. The monoisotopic (exact) mass is 356 g/mol. The number of hydrogen-bond acceptors (Lipinski definition) is 5. The van der Waals surface area contributed by atoms with Crippen LogP contribution in [-0.2, 0) is 23.8 Å². The lowest BCUT2D eigenvalue weighted by molar-refractivity contribution is -0.157. The molecule has 0 radical (unpaired) electrons. The molecule has 5 nitrogen and oxygen atoms in total. The number of rotatable bonds is 9. The van der Waals surface area contributed by atoms with Crippen molar-refractivity contribution in [1.82, 2.24) is 0 Å². The van der Waals surface area contributed by atoms with Crippen molar-refractivity contribution < 1.29 is 22.1 Å². The van der Waals surface area contributed by atoms with Gasteiger partial charge in [0.15, 0.2) is 0 Å². The van der Waals surface area contributed by atoms with Gasteiger partial charge in [-0.3, -0.25) is 4.18 Å². The molecule has 2 atom stereocenters. The molecule has 0 spiro atoms. The van der Waals surface area contributed by atoms with Gasteiger partial charge in [-0.15, -0.1) is 0 Å². The first kappa shape index (κ1) is 19.4. The van der Waals surface area contributed by atoms with Crippen LogP contribution in [0.2, 0.25) is 0 Å². The third-order valence-electron chi connectivity index (χ3n) is 4.46. The summed E-state index contributed by atoms with van der Waals surface area (Å²) in [4.78, 5) is 0.195. The molecule has 0 N–H and O–H groups in total. The van der Waals surface area contributed by atoms with Gasteiger partial charge in [0.2, 0.25) is 0 Å². The van der Waals surface area contributed by atoms with E-state index in [1.807, 2.05) is 13.8 Å². The van der Waals surface area contributed by atoms with Crippen molar-refractivity contribution in [2.24, 2.45) is 11.3 Å². The second-order valence-electron chi connectivity index (χ2n) is 6.99. The molecular weight excluding hydrogens is 328 g/mol. The maximum absolute atomic E-state index is 12.3. The minimum absolute atomic E-state index is 0.00817. The fourth-order valence-corrected chi connectivity index (χ4v) is 4.17. The Bertz CT molecular complexity index is 621. The number of ether oxygens (including phenoxy) is 2. The zero-order chi connectivity index (χ0) is 17.8. The van der Waals surface area contributed by atoms with Gasteiger partial charge in [-0.2, -0.15) is 8.42 Å². The van der Waals surface area contributed by atoms with Crippen LogP contribution in [0.4, 0.5) is 0 Å². The molecule has 0 unspecified atom stereocenters. The van der Waals surface area contributed by atoms with Crippen molar-refractivity contribution >= 4 is 10.1 Å². The van der Waals surface area contributed by atoms with Crippen molar-refractivity contribution in [1.29, 1.82) is 0 Å². The van der Waals surface area contributed by atoms with E-state index in [0.29, 0.717) is 19.8 Å². The van der Waals surface area contributed by atoms with Crippen LogP contribution >= 0.6 is 0 Å². The smallest absolute Gasteiger partial charge is 0.296 e. The Morgan fingerprint density at radius 1 is 1.17 bits per heavy atom. The third kappa shape index (κ3) is 4.79. The fraction of sp³-hybridized carbons (Fsp3) is 0.667. The van der Waals surface area contributed by atoms with Gasteiger partial charge in [0.05, 0.1) is 30.8 Å². The van der Waals surface area contributed by atoms with Crippen LogP contribution in [0.25, 0.3) is 0 Å². The van der Waals surface area contributed by atoms with Gasteiger partial charge >= 0.3 is 0 Å². The van der Waals surface area contributed by atoms with E-state index in [4.69, 9.17) is 13.7 Å². The molecule has 0 aliphatic heterocycles. The van der Waals surface area contributed by atoms with Crippen LogP contribution in [0.15, 0.2) is 29.2 Å². The quantitative estimate of drug-likeness (QED) is 0.502. The van der Waals surface area contributed by atoms with Gasteiger partial charge in [-0.1, -0.05) is 31.5 Å². The molecule has 0 saturated heterocycles. The van der Waals surface area contributed by atoms with Crippen molar-refractivity contribution in [3.05, 3.63) is 29.8 Å². The highest BCUT2D eigenvalue weighted by Crippen LogP contribution is 2.47. The molecular formula is C18H28O5S. The van der Waals surface area contributed by atoms with Crippen LogP contribution in [0, 0.1) is 18.3 Å². The Kier molecular flexibility index (Phi) is 6.42. The molecule has 1 fully saturated rings. The summed E-state index contributed by atoms with van der Waals surface area (Å²) in [6.07, 6.45) is 0.876. The van der Waals surface area contributed by atoms with E-state index in [1.165, 1.54) is 0 Å².